The van der Waals surface area contributed by atoms with E-state index in [1.807, 2.05) is 0 Å². The van der Waals surface area contributed by atoms with Crippen LogP contribution in [0.2, 0.25) is 0 Å². The fourth-order valence-electron chi connectivity index (χ4n) is 1.12. The second-order valence-corrected chi connectivity index (χ2v) is 2.94. The molecule has 3 N–H and O–H groups in total. The Kier molecular flexibility index (Phi) is 2.37. The van der Waals surface area contributed by atoms with E-state index in [2.05, 4.69) is 15.3 Å². The predicted octanol–water partition coefficient (Wildman–Crippen LogP) is 1.37. The number of phenolic OH excluding ortho intramolecular Hbond substituents is 1. The zero-order valence-corrected chi connectivity index (χ0v) is 7.77. The standard InChI is InChI=1S/C10H9N3O2/c14-8-3-1-7(2-4-8)13-10(15)9-11-5-6-12-9/h1-6,14H,(H,11,12)(H,13,15). The number of aromatic nitrogens is 2. The monoisotopic (exact) mass is 203 g/mol. The molecule has 5 nitrogen and oxygen atoms in total. The summed E-state index contributed by atoms with van der Waals surface area (Å²) in [6.07, 6.45) is 3.08. The SMILES string of the molecule is O=C(Nc1ccc(O)cc1)c1ncc[nH]1. The number of nitrogens with zero attached hydrogens (tertiary/aromatic N) is 1. The highest BCUT2D eigenvalue weighted by Crippen LogP contribution is 2.13. The van der Waals surface area contributed by atoms with Crippen LogP contribution in [0.5, 0.6) is 5.75 Å². The number of aromatic amines is 1. The molecule has 76 valence electrons. The number of aromatic hydroxyl groups is 1. The van der Waals surface area contributed by atoms with Crippen LogP contribution >= 0.6 is 0 Å². The lowest BCUT2D eigenvalue weighted by Gasteiger charge is -2.02. The average molecular weight is 203 g/mol. The van der Waals surface area contributed by atoms with E-state index >= 15 is 0 Å². The number of hydrogen-bond donors (Lipinski definition) is 3. The maximum Gasteiger partial charge on any atom is 0.291 e. The second-order valence-electron chi connectivity index (χ2n) is 2.94. The molecule has 0 bridgehead atoms. The van der Waals surface area contributed by atoms with E-state index in [1.165, 1.54) is 18.3 Å². The minimum atomic E-state index is -0.314. The Balaban J connectivity index is 2.09. The van der Waals surface area contributed by atoms with Gasteiger partial charge in [0.25, 0.3) is 5.91 Å². The van der Waals surface area contributed by atoms with Crippen molar-refractivity contribution in [2.45, 2.75) is 0 Å². The number of hydrogen-bond acceptors (Lipinski definition) is 3. The Morgan fingerprint density at radius 3 is 2.67 bits per heavy atom. The van der Waals surface area contributed by atoms with Crippen molar-refractivity contribution in [3.63, 3.8) is 0 Å². The van der Waals surface area contributed by atoms with Crippen LogP contribution in [0.1, 0.15) is 10.6 Å². The first-order valence-corrected chi connectivity index (χ1v) is 4.35. The number of phenols is 1. The third-order valence-corrected chi connectivity index (χ3v) is 1.84. The summed E-state index contributed by atoms with van der Waals surface area (Å²) in [5.74, 6) is 0.0970. The van der Waals surface area contributed by atoms with E-state index in [1.54, 1.807) is 18.3 Å². The summed E-state index contributed by atoms with van der Waals surface area (Å²) < 4.78 is 0. The summed E-state index contributed by atoms with van der Waals surface area (Å²) in [6.45, 7) is 0. The highest BCUT2D eigenvalue weighted by Gasteiger charge is 2.07. The lowest BCUT2D eigenvalue weighted by molar-refractivity contribution is 0.101. The van der Waals surface area contributed by atoms with Crippen LogP contribution in [-0.2, 0) is 0 Å². The first kappa shape index (κ1) is 9.26. The number of amides is 1. The van der Waals surface area contributed by atoms with Gasteiger partial charge in [-0.3, -0.25) is 4.79 Å². The fourth-order valence-corrected chi connectivity index (χ4v) is 1.12. The van der Waals surface area contributed by atoms with Gasteiger partial charge in [0.2, 0.25) is 0 Å². The molecule has 15 heavy (non-hydrogen) atoms. The first-order valence-electron chi connectivity index (χ1n) is 4.35. The molecule has 5 heteroatoms. The summed E-state index contributed by atoms with van der Waals surface area (Å²) in [6, 6.07) is 6.21. The molecule has 0 atom stereocenters. The number of benzene rings is 1. The molecular weight excluding hydrogens is 194 g/mol. The average Bonchev–Trinajstić information content (AvgIpc) is 2.74. The van der Waals surface area contributed by atoms with Crippen LogP contribution in [0.4, 0.5) is 5.69 Å². The van der Waals surface area contributed by atoms with Crippen molar-refractivity contribution in [2.75, 3.05) is 5.32 Å². The highest BCUT2D eigenvalue weighted by atomic mass is 16.3. The minimum Gasteiger partial charge on any atom is -0.508 e. The normalized spacial score (nSPS) is 9.87. The number of nitrogens with one attached hydrogen (secondary N) is 2. The molecule has 0 saturated carbocycles. The molecule has 0 aliphatic heterocycles. The minimum absolute atomic E-state index is 0.158. The van der Waals surface area contributed by atoms with Gasteiger partial charge in [0.05, 0.1) is 0 Å². The van der Waals surface area contributed by atoms with Crippen molar-refractivity contribution in [3.8, 4) is 5.75 Å². The van der Waals surface area contributed by atoms with Crippen molar-refractivity contribution in [1.29, 1.82) is 0 Å². The molecule has 2 rings (SSSR count). The van der Waals surface area contributed by atoms with Gasteiger partial charge in [-0.1, -0.05) is 0 Å². The largest absolute Gasteiger partial charge is 0.508 e. The molecule has 0 aliphatic rings. The van der Waals surface area contributed by atoms with E-state index in [0.717, 1.165) is 0 Å². The number of anilines is 1. The topological polar surface area (TPSA) is 78.0 Å². The van der Waals surface area contributed by atoms with Crippen LogP contribution in [0.15, 0.2) is 36.7 Å². The lowest BCUT2D eigenvalue weighted by atomic mass is 10.3. The van der Waals surface area contributed by atoms with E-state index in [-0.39, 0.29) is 17.5 Å². The molecule has 0 unspecified atom stereocenters. The number of rotatable bonds is 2. The maximum atomic E-state index is 11.5. The second kappa shape index (κ2) is 3.83. The van der Waals surface area contributed by atoms with E-state index in [4.69, 9.17) is 5.11 Å². The summed E-state index contributed by atoms with van der Waals surface area (Å²) in [4.78, 5) is 18.0. The molecular formula is C10H9N3O2. The Morgan fingerprint density at radius 1 is 1.33 bits per heavy atom. The molecule has 0 radical (unpaired) electrons. The van der Waals surface area contributed by atoms with Gasteiger partial charge in [-0.25, -0.2) is 4.98 Å². The van der Waals surface area contributed by atoms with Crippen molar-refractivity contribution in [2.24, 2.45) is 0 Å². The van der Waals surface area contributed by atoms with E-state index in [0.29, 0.717) is 5.69 Å². The first-order chi connectivity index (χ1) is 7.25. The number of carbonyl (C=O) groups is 1. The van der Waals surface area contributed by atoms with Crippen molar-refractivity contribution in [1.82, 2.24) is 9.97 Å². The molecule has 0 aliphatic carbocycles. The molecule has 0 saturated heterocycles. The van der Waals surface area contributed by atoms with Crippen molar-refractivity contribution < 1.29 is 9.90 Å². The van der Waals surface area contributed by atoms with Gasteiger partial charge in [0.1, 0.15) is 5.75 Å². The number of carbonyl (C=O) groups excluding carboxylic acids is 1. The van der Waals surface area contributed by atoms with Crippen molar-refractivity contribution in [3.05, 3.63) is 42.5 Å². The molecule has 2 aromatic rings. The Hall–Kier alpha value is -2.30. The van der Waals surface area contributed by atoms with Crippen LogP contribution in [0, 0.1) is 0 Å². The maximum absolute atomic E-state index is 11.5. The zero-order valence-electron chi connectivity index (χ0n) is 7.77. The highest BCUT2D eigenvalue weighted by molar-refractivity contribution is 6.01. The predicted molar refractivity (Wildman–Crippen MR) is 54.6 cm³/mol. The Labute approximate surface area is 85.8 Å². The van der Waals surface area contributed by atoms with Gasteiger partial charge in [0.15, 0.2) is 5.82 Å². The van der Waals surface area contributed by atoms with Crippen molar-refractivity contribution >= 4 is 11.6 Å². The molecule has 1 amide bonds. The molecule has 0 spiro atoms. The van der Waals surface area contributed by atoms with Gasteiger partial charge < -0.3 is 15.4 Å². The summed E-state index contributed by atoms with van der Waals surface area (Å²) in [5, 5.41) is 11.7. The van der Waals surface area contributed by atoms with E-state index < -0.39 is 0 Å². The molecule has 1 aromatic heterocycles. The molecule has 0 fully saturated rings. The van der Waals surface area contributed by atoms with Crippen LogP contribution in [-0.4, -0.2) is 21.0 Å². The van der Waals surface area contributed by atoms with E-state index in [9.17, 15) is 4.79 Å². The molecule has 1 aromatic carbocycles. The molecule has 1 heterocycles. The number of H-pyrrole nitrogens is 1. The lowest BCUT2D eigenvalue weighted by Crippen LogP contribution is -2.13. The summed E-state index contributed by atoms with van der Waals surface area (Å²) in [7, 11) is 0. The smallest absolute Gasteiger partial charge is 0.291 e. The van der Waals surface area contributed by atoms with Gasteiger partial charge in [0, 0.05) is 18.1 Å². The van der Waals surface area contributed by atoms with Gasteiger partial charge in [-0.2, -0.15) is 0 Å². The fraction of sp³-hybridized carbons (Fsp3) is 0. The number of imidazole rings is 1. The Morgan fingerprint density at radius 2 is 2.07 bits per heavy atom. The van der Waals surface area contributed by atoms with Crippen LogP contribution < -0.4 is 5.32 Å². The Bertz CT molecular complexity index is 448. The quantitative estimate of drug-likeness (QED) is 0.645. The van der Waals surface area contributed by atoms with Gasteiger partial charge >= 0.3 is 0 Å². The van der Waals surface area contributed by atoms with Gasteiger partial charge in [-0.15, -0.1) is 0 Å². The zero-order chi connectivity index (χ0) is 10.7. The third kappa shape index (κ3) is 2.14. The summed E-state index contributed by atoms with van der Waals surface area (Å²) >= 11 is 0. The van der Waals surface area contributed by atoms with Crippen LogP contribution in [0.25, 0.3) is 0 Å². The van der Waals surface area contributed by atoms with Crippen LogP contribution in [0.3, 0.4) is 0 Å². The summed E-state index contributed by atoms with van der Waals surface area (Å²) in [5.41, 5.74) is 0.606. The third-order valence-electron chi connectivity index (χ3n) is 1.84. The van der Waals surface area contributed by atoms with Gasteiger partial charge in [-0.05, 0) is 24.3 Å².